The van der Waals surface area contributed by atoms with Gasteiger partial charge in [-0.3, -0.25) is 4.90 Å². The molecule has 2 fully saturated rings. The fourth-order valence-electron chi connectivity index (χ4n) is 2.91. The number of benzene rings is 1. The van der Waals surface area contributed by atoms with Crippen molar-refractivity contribution >= 4 is 23.2 Å². The van der Waals surface area contributed by atoms with Gasteiger partial charge in [0.1, 0.15) is 10.8 Å². The van der Waals surface area contributed by atoms with E-state index in [1.807, 2.05) is 6.07 Å². The molecule has 3 rings (SSSR count). The van der Waals surface area contributed by atoms with Crippen molar-refractivity contribution in [3.05, 3.63) is 27.7 Å². The smallest absolute Gasteiger partial charge is 0.140 e. The van der Waals surface area contributed by atoms with Crippen LogP contribution in [0, 0.1) is 5.92 Å². The van der Waals surface area contributed by atoms with Gasteiger partial charge in [0.25, 0.3) is 0 Å². The second kappa shape index (κ2) is 5.49. The molecule has 0 amide bonds. The highest BCUT2D eigenvalue weighted by Gasteiger charge is 2.38. The lowest BCUT2D eigenvalue weighted by Gasteiger charge is -2.35. The zero-order valence-electron chi connectivity index (χ0n) is 10.7. The number of nitrogens with one attached hydrogen (secondary N) is 1. The molecule has 3 nitrogen and oxygen atoms in total. The molecule has 1 saturated carbocycles. The van der Waals surface area contributed by atoms with Gasteiger partial charge in [0.05, 0.1) is 5.02 Å². The molecule has 2 aliphatic rings. The Balaban J connectivity index is 1.93. The molecular weight excluding hydrogens is 283 g/mol. The van der Waals surface area contributed by atoms with Crippen molar-refractivity contribution < 1.29 is 5.11 Å². The Kier molecular flexibility index (Phi) is 3.90. The van der Waals surface area contributed by atoms with Crippen LogP contribution in [0.2, 0.25) is 10.0 Å². The van der Waals surface area contributed by atoms with Gasteiger partial charge in [-0.1, -0.05) is 29.3 Å². The van der Waals surface area contributed by atoms with E-state index in [-0.39, 0.29) is 16.8 Å². The molecule has 1 aromatic carbocycles. The van der Waals surface area contributed by atoms with Crippen molar-refractivity contribution in [2.24, 2.45) is 5.92 Å². The van der Waals surface area contributed by atoms with Gasteiger partial charge in [-0.25, -0.2) is 0 Å². The number of hydrogen-bond donors (Lipinski definition) is 2. The molecular formula is C14H18Cl2N2O. The Morgan fingerprint density at radius 2 is 1.89 bits per heavy atom. The summed E-state index contributed by atoms with van der Waals surface area (Å²) in [5, 5.41) is 14.4. The standard InChI is InChI=1S/C14H18Cl2N2O/c15-11-4-3-10(14(19)12(11)16)13(9-1-2-9)18-7-5-17-6-8-18/h3-4,9,13,17,19H,1-2,5-8H2/t13-/m0/s1. The SMILES string of the molecule is Oc1c([C@H](C2CC2)N2CCNCC2)ccc(Cl)c1Cl. The van der Waals surface area contributed by atoms with E-state index in [9.17, 15) is 5.11 Å². The van der Waals surface area contributed by atoms with Crippen LogP contribution in [0.25, 0.3) is 0 Å². The van der Waals surface area contributed by atoms with E-state index >= 15 is 0 Å². The number of phenolic OH excluding ortho intramolecular Hbond substituents is 1. The minimum atomic E-state index is 0.157. The maximum absolute atomic E-state index is 10.3. The summed E-state index contributed by atoms with van der Waals surface area (Å²) >= 11 is 12.0. The lowest BCUT2D eigenvalue weighted by molar-refractivity contribution is 0.153. The number of phenols is 1. The zero-order valence-corrected chi connectivity index (χ0v) is 12.2. The molecule has 1 saturated heterocycles. The molecule has 1 heterocycles. The molecule has 1 aliphatic carbocycles. The molecule has 0 bridgehead atoms. The van der Waals surface area contributed by atoms with E-state index in [1.54, 1.807) is 6.07 Å². The summed E-state index contributed by atoms with van der Waals surface area (Å²) in [5.41, 5.74) is 0.929. The Bertz CT molecular complexity index is 471. The van der Waals surface area contributed by atoms with Gasteiger partial charge in [0.2, 0.25) is 0 Å². The molecule has 2 N–H and O–H groups in total. The van der Waals surface area contributed by atoms with Crippen molar-refractivity contribution in [2.75, 3.05) is 26.2 Å². The summed E-state index contributed by atoms with van der Waals surface area (Å²) in [7, 11) is 0. The van der Waals surface area contributed by atoms with Crippen LogP contribution >= 0.6 is 23.2 Å². The molecule has 5 heteroatoms. The molecule has 104 valence electrons. The first-order chi connectivity index (χ1) is 9.18. The van der Waals surface area contributed by atoms with Gasteiger partial charge < -0.3 is 10.4 Å². The largest absolute Gasteiger partial charge is 0.506 e. The van der Waals surface area contributed by atoms with Crippen LogP contribution < -0.4 is 5.32 Å². The summed E-state index contributed by atoms with van der Waals surface area (Å²) in [6.45, 7) is 4.04. The Labute approximate surface area is 123 Å². The van der Waals surface area contributed by atoms with Crippen LogP contribution in [0.15, 0.2) is 12.1 Å². The first kappa shape index (κ1) is 13.5. The highest BCUT2D eigenvalue weighted by Crippen LogP contribution is 2.49. The average Bonchev–Trinajstić information content (AvgIpc) is 3.25. The van der Waals surface area contributed by atoms with Crippen molar-refractivity contribution in [2.45, 2.75) is 18.9 Å². The number of nitrogens with zero attached hydrogens (tertiary/aromatic N) is 1. The van der Waals surface area contributed by atoms with Crippen LogP contribution in [0.4, 0.5) is 0 Å². The number of piperazine rings is 1. The molecule has 1 aromatic rings. The van der Waals surface area contributed by atoms with Crippen molar-refractivity contribution in [3.8, 4) is 5.75 Å². The van der Waals surface area contributed by atoms with Crippen LogP contribution in [0.1, 0.15) is 24.4 Å². The first-order valence-electron chi connectivity index (χ1n) is 6.80. The Hall–Kier alpha value is -0.480. The van der Waals surface area contributed by atoms with Gasteiger partial charge in [0, 0.05) is 37.8 Å². The van der Waals surface area contributed by atoms with Gasteiger partial charge in [-0.05, 0) is 24.8 Å². The van der Waals surface area contributed by atoms with E-state index in [2.05, 4.69) is 10.2 Å². The normalized spacial score (nSPS) is 22.4. The third kappa shape index (κ3) is 2.70. The summed E-state index contributed by atoms with van der Waals surface area (Å²) in [4.78, 5) is 2.45. The van der Waals surface area contributed by atoms with Crippen LogP contribution in [-0.4, -0.2) is 36.2 Å². The van der Waals surface area contributed by atoms with Gasteiger partial charge >= 0.3 is 0 Å². The molecule has 19 heavy (non-hydrogen) atoms. The topological polar surface area (TPSA) is 35.5 Å². The predicted octanol–water partition coefficient (Wildman–Crippen LogP) is 3.06. The maximum atomic E-state index is 10.3. The van der Waals surface area contributed by atoms with Crippen molar-refractivity contribution in [1.29, 1.82) is 0 Å². The predicted molar refractivity (Wildman–Crippen MR) is 78.0 cm³/mol. The van der Waals surface area contributed by atoms with E-state index in [0.29, 0.717) is 10.9 Å². The second-order valence-electron chi connectivity index (χ2n) is 5.37. The minimum absolute atomic E-state index is 0.157. The molecule has 1 aliphatic heterocycles. The lowest BCUT2D eigenvalue weighted by Crippen LogP contribution is -2.45. The van der Waals surface area contributed by atoms with Gasteiger partial charge in [-0.2, -0.15) is 0 Å². The molecule has 0 radical (unpaired) electrons. The Morgan fingerprint density at radius 1 is 1.21 bits per heavy atom. The van der Waals surface area contributed by atoms with Crippen molar-refractivity contribution in [1.82, 2.24) is 10.2 Å². The summed E-state index contributed by atoms with van der Waals surface area (Å²) in [6, 6.07) is 3.99. The van der Waals surface area contributed by atoms with E-state index in [4.69, 9.17) is 23.2 Å². The summed E-state index contributed by atoms with van der Waals surface area (Å²) in [6.07, 6.45) is 2.46. The fourth-order valence-corrected chi connectivity index (χ4v) is 3.24. The third-order valence-corrected chi connectivity index (χ3v) is 4.83. The van der Waals surface area contributed by atoms with E-state index in [0.717, 1.165) is 31.7 Å². The summed E-state index contributed by atoms with van der Waals surface area (Å²) < 4.78 is 0. The van der Waals surface area contributed by atoms with Crippen LogP contribution in [-0.2, 0) is 0 Å². The Morgan fingerprint density at radius 3 is 2.53 bits per heavy atom. The van der Waals surface area contributed by atoms with Gasteiger partial charge in [-0.15, -0.1) is 0 Å². The van der Waals surface area contributed by atoms with E-state index < -0.39 is 0 Å². The highest BCUT2D eigenvalue weighted by molar-refractivity contribution is 6.43. The first-order valence-corrected chi connectivity index (χ1v) is 7.55. The van der Waals surface area contributed by atoms with Crippen LogP contribution in [0.3, 0.4) is 0 Å². The fraction of sp³-hybridized carbons (Fsp3) is 0.571. The van der Waals surface area contributed by atoms with Crippen LogP contribution in [0.5, 0.6) is 5.75 Å². The van der Waals surface area contributed by atoms with E-state index in [1.165, 1.54) is 12.8 Å². The number of hydrogen-bond acceptors (Lipinski definition) is 3. The average molecular weight is 301 g/mol. The number of aromatic hydroxyl groups is 1. The summed E-state index contributed by atoms with van der Waals surface area (Å²) in [5.74, 6) is 0.797. The zero-order chi connectivity index (χ0) is 13.4. The quantitative estimate of drug-likeness (QED) is 0.900. The molecule has 1 atom stereocenters. The monoisotopic (exact) mass is 300 g/mol. The number of halogens is 2. The van der Waals surface area contributed by atoms with Crippen molar-refractivity contribution in [3.63, 3.8) is 0 Å². The molecule has 0 spiro atoms. The number of rotatable bonds is 3. The van der Waals surface area contributed by atoms with Gasteiger partial charge in [0.15, 0.2) is 0 Å². The third-order valence-electron chi connectivity index (χ3n) is 4.03. The minimum Gasteiger partial charge on any atom is -0.506 e. The molecule has 0 aromatic heterocycles. The maximum Gasteiger partial charge on any atom is 0.140 e. The highest BCUT2D eigenvalue weighted by atomic mass is 35.5. The second-order valence-corrected chi connectivity index (χ2v) is 6.15. The molecule has 0 unspecified atom stereocenters. The lowest BCUT2D eigenvalue weighted by atomic mass is 9.98.